The average molecular weight is 467 g/mol. The first-order valence-corrected chi connectivity index (χ1v) is 10.6. The van der Waals surface area contributed by atoms with E-state index >= 15 is 0 Å². The van der Waals surface area contributed by atoms with Gasteiger partial charge >= 0.3 is 0 Å². The largest absolute Gasteiger partial charge is 0.490 e. The molecule has 0 atom stereocenters. The summed E-state index contributed by atoms with van der Waals surface area (Å²) in [4.78, 5) is 12.5. The lowest BCUT2D eigenvalue weighted by Crippen LogP contribution is -2.13. The van der Waals surface area contributed by atoms with Crippen molar-refractivity contribution in [3.8, 4) is 17.6 Å². The minimum absolute atomic E-state index is 0.0463. The van der Waals surface area contributed by atoms with Crippen molar-refractivity contribution >= 4 is 40.9 Å². The number of nitrogens with zero attached hydrogens (tertiary/aromatic N) is 1. The molecule has 0 radical (unpaired) electrons. The highest BCUT2D eigenvalue weighted by atomic mass is 35.5. The maximum atomic E-state index is 12.5. The number of carbonyl (C=O) groups excluding carboxylic acids is 1. The first-order valence-electron chi connectivity index (χ1n) is 9.81. The molecule has 0 fully saturated rings. The molecular weight excluding hydrogens is 447 g/mol. The molecule has 0 aliphatic rings. The standard InChI is InChI=1S/C25H20Cl2N2O3/c1-2-31-24-14-17(6-11-23(24)32-16-18-4-3-5-21(27)13-18)12-19(15-28)25(30)29-22-9-7-20(26)8-10-22/h3-14H,2,16H2,1H3,(H,29,30)/b19-12+. The molecule has 3 aromatic rings. The molecule has 0 unspecified atom stereocenters. The van der Waals surface area contributed by atoms with E-state index in [1.807, 2.05) is 31.2 Å². The van der Waals surface area contributed by atoms with Crippen molar-refractivity contribution in [1.29, 1.82) is 5.26 Å². The number of ether oxygens (including phenoxy) is 2. The van der Waals surface area contributed by atoms with Crippen LogP contribution in [0.4, 0.5) is 5.69 Å². The SMILES string of the molecule is CCOc1cc(/C=C(\C#N)C(=O)Nc2ccc(Cl)cc2)ccc1OCc1cccc(Cl)c1. The zero-order valence-corrected chi connectivity index (χ0v) is 18.8. The molecule has 0 spiro atoms. The summed E-state index contributed by atoms with van der Waals surface area (Å²) in [5.41, 5.74) is 2.05. The molecule has 0 aromatic heterocycles. The highest BCUT2D eigenvalue weighted by molar-refractivity contribution is 6.31. The molecule has 32 heavy (non-hydrogen) atoms. The van der Waals surface area contributed by atoms with Crippen LogP contribution in [0, 0.1) is 11.3 Å². The number of anilines is 1. The van der Waals surface area contributed by atoms with Gasteiger partial charge in [0.1, 0.15) is 18.2 Å². The van der Waals surface area contributed by atoms with Crippen molar-refractivity contribution in [2.75, 3.05) is 11.9 Å². The normalized spacial score (nSPS) is 10.9. The molecule has 162 valence electrons. The van der Waals surface area contributed by atoms with Crippen molar-refractivity contribution in [2.45, 2.75) is 13.5 Å². The van der Waals surface area contributed by atoms with Gasteiger partial charge in [0, 0.05) is 15.7 Å². The highest BCUT2D eigenvalue weighted by Gasteiger charge is 2.12. The Morgan fingerprint density at radius 1 is 1.00 bits per heavy atom. The summed E-state index contributed by atoms with van der Waals surface area (Å²) in [5.74, 6) is 0.542. The molecule has 0 heterocycles. The van der Waals surface area contributed by atoms with Crippen LogP contribution in [0.2, 0.25) is 10.0 Å². The van der Waals surface area contributed by atoms with Gasteiger partial charge in [-0.05, 0) is 72.7 Å². The van der Waals surface area contributed by atoms with Gasteiger partial charge in [0.25, 0.3) is 5.91 Å². The van der Waals surface area contributed by atoms with E-state index in [1.54, 1.807) is 48.5 Å². The monoisotopic (exact) mass is 466 g/mol. The number of hydrogen-bond donors (Lipinski definition) is 1. The van der Waals surface area contributed by atoms with Gasteiger partial charge in [-0.15, -0.1) is 0 Å². The van der Waals surface area contributed by atoms with E-state index < -0.39 is 5.91 Å². The van der Waals surface area contributed by atoms with Gasteiger partial charge in [0.05, 0.1) is 6.61 Å². The summed E-state index contributed by atoms with van der Waals surface area (Å²) < 4.78 is 11.6. The van der Waals surface area contributed by atoms with Crippen LogP contribution in [0.3, 0.4) is 0 Å². The van der Waals surface area contributed by atoms with E-state index in [1.165, 1.54) is 6.08 Å². The minimum atomic E-state index is -0.519. The zero-order chi connectivity index (χ0) is 22.9. The maximum absolute atomic E-state index is 12.5. The van der Waals surface area contributed by atoms with Gasteiger partial charge in [-0.1, -0.05) is 41.4 Å². The Hall–Kier alpha value is -3.46. The quantitative estimate of drug-likeness (QED) is 0.303. The summed E-state index contributed by atoms with van der Waals surface area (Å²) in [6.45, 7) is 2.62. The third-order valence-electron chi connectivity index (χ3n) is 4.33. The molecule has 3 aromatic carbocycles. The molecule has 5 nitrogen and oxygen atoms in total. The van der Waals surface area contributed by atoms with Gasteiger partial charge in [-0.25, -0.2) is 0 Å². The predicted molar refractivity (Wildman–Crippen MR) is 127 cm³/mol. The Morgan fingerprint density at radius 2 is 1.78 bits per heavy atom. The molecule has 1 amide bonds. The smallest absolute Gasteiger partial charge is 0.266 e. The van der Waals surface area contributed by atoms with E-state index in [0.29, 0.717) is 46.0 Å². The summed E-state index contributed by atoms with van der Waals surface area (Å²) in [6, 6.07) is 21.2. The summed E-state index contributed by atoms with van der Waals surface area (Å²) >= 11 is 11.9. The number of amides is 1. The lowest BCUT2D eigenvalue weighted by molar-refractivity contribution is -0.112. The number of nitrogens with one attached hydrogen (secondary N) is 1. The zero-order valence-electron chi connectivity index (χ0n) is 17.3. The van der Waals surface area contributed by atoms with E-state index in [0.717, 1.165) is 5.56 Å². The molecule has 0 saturated heterocycles. The van der Waals surface area contributed by atoms with Crippen LogP contribution in [0.15, 0.2) is 72.3 Å². The Kier molecular flexibility index (Phi) is 8.15. The Labute approximate surface area is 196 Å². The second-order valence-corrected chi connectivity index (χ2v) is 7.56. The molecule has 7 heteroatoms. The maximum Gasteiger partial charge on any atom is 0.266 e. The molecule has 3 rings (SSSR count). The van der Waals surface area contributed by atoms with Crippen molar-refractivity contribution in [3.63, 3.8) is 0 Å². The van der Waals surface area contributed by atoms with Crippen molar-refractivity contribution < 1.29 is 14.3 Å². The fourth-order valence-electron chi connectivity index (χ4n) is 2.84. The minimum Gasteiger partial charge on any atom is -0.490 e. The number of benzene rings is 3. The second kappa shape index (κ2) is 11.2. The number of nitriles is 1. The first kappa shape index (κ1) is 23.2. The van der Waals surface area contributed by atoms with Crippen LogP contribution in [0.25, 0.3) is 6.08 Å². The van der Waals surface area contributed by atoms with E-state index in [9.17, 15) is 10.1 Å². The predicted octanol–water partition coefficient (Wildman–Crippen LogP) is 6.52. The number of hydrogen-bond acceptors (Lipinski definition) is 4. The lowest BCUT2D eigenvalue weighted by Gasteiger charge is -2.13. The molecule has 0 saturated carbocycles. The van der Waals surface area contributed by atoms with E-state index in [4.69, 9.17) is 32.7 Å². The average Bonchev–Trinajstić information content (AvgIpc) is 2.78. The number of carbonyl (C=O) groups is 1. The van der Waals surface area contributed by atoms with Gasteiger partial charge in [0.2, 0.25) is 0 Å². The fraction of sp³-hybridized carbons (Fsp3) is 0.120. The lowest BCUT2D eigenvalue weighted by atomic mass is 10.1. The molecule has 0 aliphatic heterocycles. The van der Waals surface area contributed by atoms with Gasteiger partial charge in [-0.3, -0.25) is 4.79 Å². The first-order chi connectivity index (χ1) is 15.5. The van der Waals surface area contributed by atoms with Crippen LogP contribution in [0.1, 0.15) is 18.1 Å². The third-order valence-corrected chi connectivity index (χ3v) is 4.82. The summed E-state index contributed by atoms with van der Waals surface area (Å²) in [7, 11) is 0. The Bertz CT molecular complexity index is 1170. The fourth-order valence-corrected chi connectivity index (χ4v) is 3.18. The van der Waals surface area contributed by atoms with Gasteiger partial charge in [0.15, 0.2) is 11.5 Å². The molecule has 0 aliphatic carbocycles. The van der Waals surface area contributed by atoms with Crippen LogP contribution in [-0.4, -0.2) is 12.5 Å². The Morgan fingerprint density at radius 3 is 2.47 bits per heavy atom. The summed E-state index contributed by atoms with van der Waals surface area (Å²) in [6.07, 6.45) is 1.49. The van der Waals surface area contributed by atoms with Crippen molar-refractivity contribution in [2.24, 2.45) is 0 Å². The third kappa shape index (κ3) is 6.52. The van der Waals surface area contributed by atoms with Crippen molar-refractivity contribution in [1.82, 2.24) is 0 Å². The van der Waals surface area contributed by atoms with Crippen LogP contribution < -0.4 is 14.8 Å². The highest BCUT2D eigenvalue weighted by Crippen LogP contribution is 2.30. The van der Waals surface area contributed by atoms with Gasteiger partial charge < -0.3 is 14.8 Å². The molecule has 1 N–H and O–H groups in total. The van der Waals surface area contributed by atoms with E-state index in [-0.39, 0.29) is 5.57 Å². The van der Waals surface area contributed by atoms with Crippen LogP contribution in [0.5, 0.6) is 11.5 Å². The second-order valence-electron chi connectivity index (χ2n) is 6.69. The Balaban J connectivity index is 1.77. The van der Waals surface area contributed by atoms with Crippen LogP contribution in [-0.2, 0) is 11.4 Å². The molecule has 0 bridgehead atoms. The molecular formula is C25H20Cl2N2O3. The topological polar surface area (TPSA) is 71.3 Å². The van der Waals surface area contributed by atoms with Crippen molar-refractivity contribution in [3.05, 3.63) is 93.5 Å². The van der Waals surface area contributed by atoms with Gasteiger partial charge in [-0.2, -0.15) is 5.26 Å². The summed E-state index contributed by atoms with van der Waals surface area (Å²) in [5, 5.41) is 13.3. The van der Waals surface area contributed by atoms with Crippen LogP contribution >= 0.6 is 23.2 Å². The van der Waals surface area contributed by atoms with E-state index in [2.05, 4.69) is 5.32 Å². The number of rotatable bonds is 8. The number of halogens is 2.